The Kier molecular flexibility index (Phi) is 6.28. The van der Waals surface area contributed by atoms with Crippen LogP contribution in [0.1, 0.15) is 17.7 Å². The van der Waals surface area contributed by atoms with E-state index in [2.05, 4.69) is 153 Å². The highest BCUT2D eigenvalue weighted by Crippen LogP contribution is 2.43. The van der Waals surface area contributed by atoms with Crippen molar-refractivity contribution in [3.8, 4) is 33.9 Å². The predicted octanol–water partition coefficient (Wildman–Crippen LogP) is 11.4. The average Bonchev–Trinajstić information content (AvgIpc) is 3.93. The van der Waals surface area contributed by atoms with E-state index in [1.165, 1.54) is 22.2 Å². The smallest absolute Gasteiger partial charge is 0.149 e. The van der Waals surface area contributed by atoms with Gasteiger partial charge in [-0.3, -0.25) is 9.38 Å². The lowest BCUT2D eigenvalue weighted by molar-refractivity contribution is 0.967. The van der Waals surface area contributed by atoms with Gasteiger partial charge in [-0.2, -0.15) is 0 Å². The number of hydrogen-bond acceptors (Lipinski definition) is 3. The first kappa shape index (κ1) is 30.0. The van der Waals surface area contributed by atoms with Gasteiger partial charge in [-0.05, 0) is 109 Å². The molecule has 0 bridgehead atoms. The molecule has 0 radical (unpaired) electrons. The molecule has 6 heteroatoms. The lowest BCUT2D eigenvalue weighted by Gasteiger charge is -2.12. The van der Waals surface area contributed by atoms with Crippen LogP contribution in [0.2, 0.25) is 0 Å². The molecule has 6 aromatic heterocycles. The number of benzene rings is 4. The molecule has 0 atom stereocenters. The zero-order chi connectivity index (χ0) is 36.0. The average molecular weight is 703 g/mol. The normalized spacial score (nSPS) is 12.7. The van der Waals surface area contributed by atoms with Crippen LogP contribution in [0.5, 0.6) is 0 Å². The quantitative estimate of drug-likeness (QED) is 0.172. The van der Waals surface area contributed by atoms with Gasteiger partial charge >= 0.3 is 0 Å². The maximum Gasteiger partial charge on any atom is 0.149 e. The molecule has 0 aliphatic heterocycles. The van der Waals surface area contributed by atoms with Crippen LogP contribution in [0.25, 0.3) is 100 Å². The Hall–Kier alpha value is -7.49. The maximum atomic E-state index is 5.55. The molecule has 6 heterocycles. The molecule has 256 valence electrons. The summed E-state index contributed by atoms with van der Waals surface area (Å²) in [6.45, 7) is 0. The lowest BCUT2D eigenvalue weighted by Crippen LogP contribution is -1.99. The van der Waals surface area contributed by atoms with Crippen molar-refractivity contribution in [2.75, 3.05) is 0 Å². The molecule has 1 aliphatic rings. The van der Waals surface area contributed by atoms with Crippen molar-refractivity contribution >= 4 is 66.4 Å². The molecule has 12 rings (SSSR count). The highest BCUT2D eigenvalue weighted by Gasteiger charge is 2.25. The van der Waals surface area contributed by atoms with E-state index in [1.54, 1.807) is 0 Å². The van der Waals surface area contributed by atoms with Crippen molar-refractivity contribution in [1.82, 2.24) is 28.5 Å². The lowest BCUT2D eigenvalue weighted by atomic mass is 9.97. The zero-order valence-corrected chi connectivity index (χ0v) is 29.6. The van der Waals surface area contributed by atoms with Crippen LogP contribution < -0.4 is 0 Å². The number of allylic oxidation sites excluding steroid dienone is 1. The Balaban J connectivity index is 1.19. The summed E-state index contributed by atoms with van der Waals surface area (Å²) >= 11 is 0. The monoisotopic (exact) mass is 702 g/mol. The number of pyridine rings is 3. The number of rotatable bonds is 4. The van der Waals surface area contributed by atoms with Crippen molar-refractivity contribution in [2.24, 2.45) is 0 Å². The topological polar surface area (TPSA) is 52.9 Å². The number of fused-ring (bicyclic) bond motifs is 12. The van der Waals surface area contributed by atoms with Crippen molar-refractivity contribution in [3.63, 3.8) is 0 Å². The largest absolute Gasteiger partial charge is 0.310 e. The number of hydrogen-bond donors (Lipinski definition) is 0. The summed E-state index contributed by atoms with van der Waals surface area (Å²) in [4.78, 5) is 15.4. The van der Waals surface area contributed by atoms with E-state index < -0.39 is 0 Å². The minimum Gasteiger partial charge on any atom is -0.310 e. The molecule has 11 aromatic rings. The molecule has 55 heavy (non-hydrogen) atoms. The van der Waals surface area contributed by atoms with E-state index in [4.69, 9.17) is 15.0 Å². The molecule has 0 amide bonds. The summed E-state index contributed by atoms with van der Waals surface area (Å²) in [5.41, 5.74) is 14.8. The predicted molar refractivity (Wildman–Crippen MR) is 223 cm³/mol. The Morgan fingerprint density at radius 2 is 1.29 bits per heavy atom. The van der Waals surface area contributed by atoms with Gasteiger partial charge < -0.3 is 9.13 Å². The van der Waals surface area contributed by atoms with Crippen molar-refractivity contribution in [2.45, 2.75) is 12.8 Å². The van der Waals surface area contributed by atoms with Gasteiger partial charge in [0, 0.05) is 62.1 Å². The molecule has 0 saturated carbocycles. The van der Waals surface area contributed by atoms with E-state index in [0.29, 0.717) is 0 Å². The Labute approximate surface area is 315 Å². The highest BCUT2D eigenvalue weighted by molar-refractivity contribution is 6.12. The molecule has 0 N–H and O–H groups in total. The van der Waals surface area contributed by atoms with Gasteiger partial charge in [-0.1, -0.05) is 66.7 Å². The van der Waals surface area contributed by atoms with Crippen molar-refractivity contribution in [3.05, 3.63) is 175 Å². The third-order valence-corrected chi connectivity index (χ3v) is 11.2. The van der Waals surface area contributed by atoms with E-state index >= 15 is 0 Å². The molecule has 0 spiro atoms. The molecule has 5 aromatic carbocycles. The molecular formula is C49H30N6. The van der Waals surface area contributed by atoms with Gasteiger partial charge in [0.2, 0.25) is 0 Å². The van der Waals surface area contributed by atoms with Crippen LogP contribution in [0, 0.1) is 12.1 Å². The standard InChI is InChI=1S/C49H30N6/c1-3-13-33(14-4-1)53-41-21-9-7-17-35(41)39-29-31(23-25-43(39)53)45-47(55-48-37(19-12-28-51-48)46-38(49(55)52-45)20-11-27-50-46)32-24-26-44-40(30-32)36-18-8-10-22-42(36)54(44)34-15-5-2-6-16-34/h1-6,9-16,19-30H,8,18H2. The van der Waals surface area contributed by atoms with E-state index in [-0.39, 0.29) is 0 Å². The number of imidazole rings is 1. The summed E-state index contributed by atoms with van der Waals surface area (Å²) in [6.07, 6.45) is 10.3. The first-order valence-corrected chi connectivity index (χ1v) is 18.7. The second kappa shape index (κ2) is 11.5. The second-order valence-corrected chi connectivity index (χ2v) is 14.2. The summed E-state index contributed by atoms with van der Waals surface area (Å²) in [7, 11) is 0. The Morgan fingerprint density at radius 1 is 0.582 bits per heavy atom. The van der Waals surface area contributed by atoms with Crippen LogP contribution in [-0.4, -0.2) is 28.5 Å². The summed E-state index contributed by atoms with van der Waals surface area (Å²) < 4.78 is 6.97. The van der Waals surface area contributed by atoms with Crippen LogP contribution in [0.15, 0.2) is 152 Å². The third kappa shape index (κ3) is 4.29. The van der Waals surface area contributed by atoms with E-state index in [0.717, 1.165) is 96.1 Å². The highest BCUT2D eigenvalue weighted by atomic mass is 15.1. The first-order chi connectivity index (χ1) is 27.3. The zero-order valence-electron chi connectivity index (χ0n) is 29.6. The minimum atomic E-state index is 0.828. The third-order valence-electron chi connectivity index (χ3n) is 11.2. The summed E-state index contributed by atoms with van der Waals surface area (Å²) in [5, 5.41) is 5.36. The Morgan fingerprint density at radius 3 is 2.11 bits per heavy atom. The Bertz CT molecular complexity index is 3370. The van der Waals surface area contributed by atoms with Gasteiger partial charge in [-0.15, -0.1) is 0 Å². The van der Waals surface area contributed by atoms with E-state index in [9.17, 15) is 0 Å². The second-order valence-electron chi connectivity index (χ2n) is 14.2. The van der Waals surface area contributed by atoms with Crippen LogP contribution >= 0.6 is 0 Å². The maximum absolute atomic E-state index is 5.55. The SMILES string of the molecule is c1ccc2c(c#1)c1cc(-c3nc4c5cccnc5c5cccnc5n4c3-c3ccc4c(c3)c3c(n4-c4ccccc4)C=CCC3)ccc1n2-c1ccccc1. The fourth-order valence-electron chi connectivity index (χ4n) is 8.91. The van der Waals surface area contributed by atoms with Gasteiger partial charge in [0.05, 0.1) is 38.8 Å². The number of para-hydroxylation sites is 2. The molecule has 1 aliphatic carbocycles. The fraction of sp³-hybridized carbons (Fsp3) is 0.0408. The summed E-state index contributed by atoms with van der Waals surface area (Å²) in [6, 6.07) is 53.8. The minimum absolute atomic E-state index is 0.828. The van der Waals surface area contributed by atoms with Gasteiger partial charge in [0.25, 0.3) is 0 Å². The van der Waals surface area contributed by atoms with Crippen LogP contribution in [0.3, 0.4) is 0 Å². The van der Waals surface area contributed by atoms with Crippen LogP contribution in [-0.2, 0) is 6.42 Å². The van der Waals surface area contributed by atoms with E-state index in [1.807, 2.05) is 30.6 Å². The number of nitrogens with zero attached hydrogens (tertiary/aromatic N) is 6. The van der Waals surface area contributed by atoms with Crippen molar-refractivity contribution < 1.29 is 0 Å². The molecule has 0 unspecified atom stereocenters. The molecule has 0 fully saturated rings. The molecular weight excluding hydrogens is 673 g/mol. The molecule has 0 saturated heterocycles. The first-order valence-electron chi connectivity index (χ1n) is 18.7. The molecule has 6 nitrogen and oxygen atoms in total. The number of aromatic nitrogens is 6. The number of aryl methyl sites for hydroxylation is 1. The fourth-order valence-corrected chi connectivity index (χ4v) is 8.91. The van der Waals surface area contributed by atoms with Gasteiger partial charge in [0.1, 0.15) is 11.3 Å². The van der Waals surface area contributed by atoms with Gasteiger partial charge in [0.15, 0.2) is 0 Å². The van der Waals surface area contributed by atoms with Crippen LogP contribution in [0.4, 0.5) is 0 Å². The summed E-state index contributed by atoms with van der Waals surface area (Å²) in [5.74, 6) is 0. The van der Waals surface area contributed by atoms with Crippen molar-refractivity contribution in [1.29, 1.82) is 0 Å². The van der Waals surface area contributed by atoms with Gasteiger partial charge in [-0.25, -0.2) is 9.97 Å².